The zero-order chi connectivity index (χ0) is 15.2. The first-order chi connectivity index (χ1) is 10.0. The Labute approximate surface area is 131 Å². The molecule has 0 aliphatic heterocycles. The van der Waals surface area contributed by atoms with Gasteiger partial charge >= 0.3 is 0 Å². The van der Waals surface area contributed by atoms with Crippen molar-refractivity contribution in [2.24, 2.45) is 0 Å². The molecule has 2 rings (SSSR count). The van der Waals surface area contributed by atoms with Crippen molar-refractivity contribution in [3.63, 3.8) is 0 Å². The van der Waals surface area contributed by atoms with Gasteiger partial charge in [-0.15, -0.1) is 0 Å². The molecule has 0 aliphatic rings. The van der Waals surface area contributed by atoms with E-state index in [0.717, 1.165) is 10.0 Å². The predicted molar refractivity (Wildman–Crippen MR) is 85.3 cm³/mol. The van der Waals surface area contributed by atoms with E-state index in [4.69, 9.17) is 4.74 Å². The Balaban J connectivity index is 1.82. The third kappa shape index (κ3) is 5.02. The molecule has 1 atom stereocenters. The number of anilines is 1. The van der Waals surface area contributed by atoms with Gasteiger partial charge in [-0.05, 0) is 42.8 Å². The molecular weight excluding hydrogens is 337 g/mol. The molecule has 2 N–H and O–H groups in total. The summed E-state index contributed by atoms with van der Waals surface area (Å²) in [5.41, 5.74) is 1.34. The van der Waals surface area contributed by atoms with Crippen LogP contribution in [0.4, 0.5) is 10.1 Å². The molecule has 2 aromatic rings. The Bertz CT molecular complexity index is 607. The molecule has 0 radical (unpaired) electrons. The Kier molecular flexibility index (Phi) is 5.59. The van der Waals surface area contributed by atoms with Gasteiger partial charge in [0.15, 0.2) is 0 Å². The molecule has 0 heterocycles. The van der Waals surface area contributed by atoms with Crippen molar-refractivity contribution in [3.8, 4) is 5.75 Å². The number of hydrogen-bond acceptors (Lipinski definition) is 3. The molecule has 3 nitrogen and oxygen atoms in total. The molecule has 0 saturated heterocycles. The van der Waals surface area contributed by atoms with Crippen LogP contribution in [0.15, 0.2) is 46.9 Å². The van der Waals surface area contributed by atoms with E-state index in [9.17, 15) is 9.50 Å². The number of aliphatic hydroxyl groups is 1. The predicted octanol–water partition coefficient (Wildman–Crippen LogP) is 3.75. The summed E-state index contributed by atoms with van der Waals surface area (Å²) in [4.78, 5) is 0. The molecule has 21 heavy (non-hydrogen) atoms. The smallest absolute Gasteiger partial charge is 0.146 e. The van der Waals surface area contributed by atoms with Gasteiger partial charge in [-0.25, -0.2) is 4.39 Å². The number of aliphatic hydroxyl groups excluding tert-OH is 1. The molecule has 112 valence electrons. The minimum Gasteiger partial charge on any atom is -0.491 e. The van der Waals surface area contributed by atoms with Gasteiger partial charge in [0.05, 0.1) is 5.69 Å². The summed E-state index contributed by atoms with van der Waals surface area (Å²) in [6, 6.07) is 12.2. The highest BCUT2D eigenvalue weighted by atomic mass is 79.9. The van der Waals surface area contributed by atoms with Crippen LogP contribution in [0.25, 0.3) is 0 Å². The van der Waals surface area contributed by atoms with E-state index in [1.54, 1.807) is 12.1 Å². The second kappa shape index (κ2) is 7.43. The zero-order valence-corrected chi connectivity index (χ0v) is 13.2. The monoisotopic (exact) mass is 353 g/mol. The quantitative estimate of drug-likeness (QED) is 0.830. The van der Waals surface area contributed by atoms with Gasteiger partial charge in [-0.3, -0.25) is 0 Å². The SMILES string of the molecule is Cc1ccc(F)c(NCC(O)COc2cccc(Br)c2)c1. The average Bonchev–Trinajstić information content (AvgIpc) is 2.46. The normalized spacial score (nSPS) is 12.0. The summed E-state index contributed by atoms with van der Waals surface area (Å²) in [7, 11) is 0. The van der Waals surface area contributed by atoms with Crippen molar-refractivity contribution < 1.29 is 14.2 Å². The number of halogens is 2. The van der Waals surface area contributed by atoms with Crippen molar-refractivity contribution in [2.75, 3.05) is 18.5 Å². The molecule has 0 amide bonds. The summed E-state index contributed by atoms with van der Waals surface area (Å²) in [5.74, 6) is 0.339. The highest BCUT2D eigenvalue weighted by Gasteiger charge is 2.08. The fourth-order valence-corrected chi connectivity index (χ4v) is 2.19. The zero-order valence-electron chi connectivity index (χ0n) is 11.6. The Hall–Kier alpha value is -1.59. The third-order valence-electron chi connectivity index (χ3n) is 2.89. The lowest BCUT2D eigenvalue weighted by atomic mass is 10.2. The topological polar surface area (TPSA) is 41.5 Å². The van der Waals surface area contributed by atoms with Crippen LogP contribution in [0.3, 0.4) is 0 Å². The first-order valence-electron chi connectivity index (χ1n) is 6.61. The van der Waals surface area contributed by atoms with E-state index in [1.807, 2.05) is 31.2 Å². The van der Waals surface area contributed by atoms with Crippen LogP contribution in [0.5, 0.6) is 5.75 Å². The van der Waals surface area contributed by atoms with Crippen LogP contribution >= 0.6 is 15.9 Å². The Morgan fingerprint density at radius 3 is 2.86 bits per heavy atom. The lowest BCUT2D eigenvalue weighted by Gasteiger charge is -2.15. The maximum atomic E-state index is 13.5. The summed E-state index contributed by atoms with van der Waals surface area (Å²) in [6.07, 6.45) is -0.733. The van der Waals surface area contributed by atoms with E-state index in [-0.39, 0.29) is 19.0 Å². The fraction of sp³-hybridized carbons (Fsp3) is 0.250. The average molecular weight is 354 g/mol. The van der Waals surface area contributed by atoms with Gasteiger partial charge in [0, 0.05) is 11.0 Å². The van der Waals surface area contributed by atoms with Crippen LogP contribution in [0.2, 0.25) is 0 Å². The maximum absolute atomic E-state index is 13.5. The van der Waals surface area contributed by atoms with Crippen molar-refractivity contribution in [1.29, 1.82) is 0 Å². The van der Waals surface area contributed by atoms with Crippen molar-refractivity contribution in [2.45, 2.75) is 13.0 Å². The van der Waals surface area contributed by atoms with Gasteiger partial charge < -0.3 is 15.2 Å². The van der Waals surface area contributed by atoms with E-state index in [1.165, 1.54) is 6.07 Å². The van der Waals surface area contributed by atoms with Crippen LogP contribution < -0.4 is 10.1 Å². The number of aryl methyl sites for hydroxylation is 1. The standard InChI is InChI=1S/C16H17BrFNO2/c1-11-5-6-15(18)16(7-11)19-9-13(20)10-21-14-4-2-3-12(17)8-14/h2-8,13,19-20H,9-10H2,1H3. The maximum Gasteiger partial charge on any atom is 0.146 e. The first kappa shape index (κ1) is 15.8. The number of ether oxygens (including phenoxy) is 1. The van der Waals surface area contributed by atoms with Gasteiger partial charge in [-0.2, -0.15) is 0 Å². The molecular formula is C16H17BrFNO2. The highest BCUT2D eigenvalue weighted by Crippen LogP contribution is 2.18. The van der Waals surface area contributed by atoms with Gasteiger partial charge in [0.2, 0.25) is 0 Å². The van der Waals surface area contributed by atoms with Crippen molar-refractivity contribution >= 4 is 21.6 Å². The second-order valence-corrected chi connectivity index (χ2v) is 5.70. The third-order valence-corrected chi connectivity index (χ3v) is 3.38. The molecule has 1 unspecified atom stereocenters. The van der Waals surface area contributed by atoms with E-state index >= 15 is 0 Å². The van der Waals surface area contributed by atoms with E-state index in [2.05, 4.69) is 21.2 Å². The summed E-state index contributed by atoms with van der Waals surface area (Å²) in [6.45, 7) is 2.24. The molecule has 0 aliphatic carbocycles. The van der Waals surface area contributed by atoms with Crippen LogP contribution in [-0.2, 0) is 0 Å². The largest absolute Gasteiger partial charge is 0.491 e. The first-order valence-corrected chi connectivity index (χ1v) is 7.40. The lowest BCUT2D eigenvalue weighted by molar-refractivity contribution is 0.117. The molecule has 0 saturated carbocycles. The molecule has 2 aromatic carbocycles. The van der Waals surface area contributed by atoms with Crippen molar-refractivity contribution in [3.05, 3.63) is 58.3 Å². The number of nitrogens with one attached hydrogen (secondary N) is 1. The molecule has 0 bridgehead atoms. The van der Waals surface area contributed by atoms with Crippen molar-refractivity contribution in [1.82, 2.24) is 0 Å². The van der Waals surface area contributed by atoms with Gasteiger partial charge in [0.1, 0.15) is 24.3 Å². The summed E-state index contributed by atoms with van der Waals surface area (Å²) < 4.78 is 19.9. The van der Waals surface area contributed by atoms with Gasteiger partial charge in [0.25, 0.3) is 0 Å². The molecule has 0 aromatic heterocycles. The molecule has 0 spiro atoms. The minimum absolute atomic E-state index is 0.136. The van der Waals surface area contributed by atoms with Crippen LogP contribution in [-0.4, -0.2) is 24.4 Å². The molecule has 5 heteroatoms. The number of hydrogen-bond donors (Lipinski definition) is 2. The summed E-state index contributed by atoms with van der Waals surface area (Å²) in [5, 5.41) is 12.8. The molecule has 0 fully saturated rings. The Morgan fingerprint density at radius 2 is 2.10 bits per heavy atom. The lowest BCUT2D eigenvalue weighted by Crippen LogP contribution is -2.26. The van der Waals surface area contributed by atoms with Crippen LogP contribution in [0, 0.1) is 12.7 Å². The minimum atomic E-state index is -0.733. The number of benzene rings is 2. The second-order valence-electron chi connectivity index (χ2n) is 4.79. The van der Waals surface area contributed by atoms with E-state index < -0.39 is 6.10 Å². The summed E-state index contributed by atoms with van der Waals surface area (Å²) >= 11 is 3.35. The number of rotatable bonds is 6. The Morgan fingerprint density at radius 1 is 1.29 bits per heavy atom. The fourth-order valence-electron chi connectivity index (χ4n) is 1.81. The van der Waals surface area contributed by atoms with Crippen LogP contribution in [0.1, 0.15) is 5.56 Å². The van der Waals surface area contributed by atoms with E-state index in [0.29, 0.717) is 11.4 Å². The highest BCUT2D eigenvalue weighted by molar-refractivity contribution is 9.10. The van der Waals surface area contributed by atoms with Gasteiger partial charge in [-0.1, -0.05) is 28.1 Å².